The SMILES string of the molecule is Cc1cccc(Cn2ccc3nc(N)nc(NCc4cc(C)on4)c32)n1. The van der Waals surface area contributed by atoms with Crippen LogP contribution in [0.25, 0.3) is 11.0 Å². The van der Waals surface area contributed by atoms with Gasteiger partial charge in [-0.15, -0.1) is 0 Å². The average molecular weight is 349 g/mol. The fraction of sp³-hybridized carbons (Fsp3) is 0.222. The van der Waals surface area contributed by atoms with Crippen LogP contribution in [0, 0.1) is 13.8 Å². The molecule has 0 amide bonds. The Morgan fingerprint density at radius 2 is 2.00 bits per heavy atom. The first-order valence-electron chi connectivity index (χ1n) is 8.29. The molecule has 0 fully saturated rings. The number of pyridine rings is 1. The highest BCUT2D eigenvalue weighted by atomic mass is 16.5. The molecule has 0 saturated heterocycles. The van der Waals surface area contributed by atoms with Crippen molar-refractivity contribution in [2.75, 3.05) is 11.1 Å². The number of nitrogens with two attached hydrogens (primary N) is 1. The lowest BCUT2D eigenvalue weighted by Crippen LogP contribution is -2.08. The van der Waals surface area contributed by atoms with Gasteiger partial charge in [0.15, 0.2) is 5.82 Å². The van der Waals surface area contributed by atoms with Crippen LogP contribution in [0.1, 0.15) is 22.8 Å². The van der Waals surface area contributed by atoms with Crippen LogP contribution in [-0.2, 0) is 13.1 Å². The molecule has 0 aromatic carbocycles. The second-order valence-electron chi connectivity index (χ2n) is 6.16. The molecule has 8 heteroatoms. The zero-order chi connectivity index (χ0) is 18.1. The van der Waals surface area contributed by atoms with Crippen molar-refractivity contribution < 1.29 is 4.52 Å². The molecule has 0 atom stereocenters. The predicted octanol–water partition coefficient (Wildman–Crippen LogP) is 2.67. The van der Waals surface area contributed by atoms with Crippen LogP contribution >= 0.6 is 0 Å². The van der Waals surface area contributed by atoms with E-state index in [0.717, 1.165) is 33.9 Å². The largest absolute Gasteiger partial charge is 0.368 e. The molecule has 0 aliphatic heterocycles. The summed E-state index contributed by atoms with van der Waals surface area (Å²) in [5.74, 6) is 1.65. The highest BCUT2D eigenvalue weighted by Crippen LogP contribution is 2.24. The van der Waals surface area contributed by atoms with Crippen LogP contribution in [0.4, 0.5) is 11.8 Å². The van der Waals surface area contributed by atoms with E-state index >= 15 is 0 Å². The van der Waals surface area contributed by atoms with Crippen molar-refractivity contribution in [3.05, 3.63) is 59.4 Å². The molecule has 0 aliphatic rings. The first kappa shape index (κ1) is 16.1. The molecule has 0 aliphatic carbocycles. The topological polar surface area (TPSA) is 108 Å². The van der Waals surface area contributed by atoms with Gasteiger partial charge in [-0.1, -0.05) is 11.2 Å². The van der Waals surface area contributed by atoms with Crippen molar-refractivity contribution in [3.8, 4) is 0 Å². The van der Waals surface area contributed by atoms with Crippen LogP contribution in [-0.4, -0.2) is 24.7 Å². The fourth-order valence-electron chi connectivity index (χ4n) is 2.92. The van der Waals surface area contributed by atoms with Gasteiger partial charge in [-0.3, -0.25) is 4.98 Å². The molecule has 0 spiro atoms. The minimum absolute atomic E-state index is 0.225. The molecule has 4 aromatic heterocycles. The second kappa shape index (κ2) is 6.47. The van der Waals surface area contributed by atoms with E-state index < -0.39 is 0 Å². The van der Waals surface area contributed by atoms with Gasteiger partial charge in [-0.25, -0.2) is 4.98 Å². The zero-order valence-electron chi connectivity index (χ0n) is 14.6. The Morgan fingerprint density at radius 3 is 2.77 bits per heavy atom. The molecule has 26 heavy (non-hydrogen) atoms. The van der Waals surface area contributed by atoms with Gasteiger partial charge in [-0.2, -0.15) is 4.98 Å². The van der Waals surface area contributed by atoms with Crippen molar-refractivity contribution in [3.63, 3.8) is 0 Å². The Balaban J connectivity index is 1.68. The molecule has 0 bridgehead atoms. The standard InChI is InChI=1S/C18H19N7O/c1-11-4-3-5-13(21-11)10-25-7-6-15-16(25)17(23-18(19)22-15)20-9-14-8-12(2)26-24-14/h3-8H,9-10H2,1-2H3,(H3,19,20,22,23). The molecule has 132 valence electrons. The minimum atomic E-state index is 0.225. The molecule has 0 unspecified atom stereocenters. The number of nitrogens with one attached hydrogen (secondary N) is 1. The summed E-state index contributed by atoms with van der Waals surface area (Å²) in [4.78, 5) is 13.3. The molecule has 4 rings (SSSR count). The van der Waals surface area contributed by atoms with Gasteiger partial charge in [-0.05, 0) is 32.0 Å². The Labute approximate surface area is 150 Å². The number of anilines is 2. The van der Waals surface area contributed by atoms with E-state index in [-0.39, 0.29) is 5.95 Å². The lowest BCUT2D eigenvalue weighted by Gasteiger charge is -2.10. The summed E-state index contributed by atoms with van der Waals surface area (Å²) < 4.78 is 7.16. The molecule has 0 saturated carbocycles. The van der Waals surface area contributed by atoms with Crippen LogP contribution in [0.3, 0.4) is 0 Å². The third kappa shape index (κ3) is 3.21. The van der Waals surface area contributed by atoms with Crippen LogP contribution in [0.5, 0.6) is 0 Å². The first-order chi connectivity index (χ1) is 12.6. The lowest BCUT2D eigenvalue weighted by molar-refractivity contribution is 0.391. The van der Waals surface area contributed by atoms with E-state index in [0.29, 0.717) is 18.9 Å². The van der Waals surface area contributed by atoms with Crippen LogP contribution < -0.4 is 11.1 Å². The number of rotatable bonds is 5. The normalized spacial score (nSPS) is 11.2. The third-order valence-electron chi connectivity index (χ3n) is 4.02. The quantitative estimate of drug-likeness (QED) is 0.570. The van der Waals surface area contributed by atoms with Crippen molar-refractivity contribution in [2.45, 2.75) is 26.9 Å². The van der Waals surface area contributed by atoms with Crippen molar-refractivity contribution in [2.24, 2.45) is 0 Å². The lowest BCUT2D eigenvalue weighted by atomic mass is 10.3. The molecular formula is C18H19N7O. The van der Waals surface area contributed by atoms with Crippen LogP contribution in [0.15, 0.2) is 41.1 Å². The zero-order valence-corrected chi connectivity index (χ0v) is 14.6. The highest BCUT2D eigenvalue weighted by molar-refractivity contribution is 5.87. The Bertz CT molecular complexity index is 1070. The van der Waals surface area contributed by atoms with Crippen molar-refractivity contribution >= 4 is 22.8 Å². The van der Waals surface area contributed by atoms with Gasteiger partial charge in [0.2, 0.25) is 5.95 Å². The summed E-state index contributed by atoms with van der Waals surface area (Å²) in [5, 5.41) is 7.28. The Kier molecular flexibility index (Phi) is 4.00. The molecule has 0 radical (unpaired) electrons. The molecule has 8 nitrogen and oxygen atoms in total. The minimum Gasteiger partial charge on any atom is -0.368 e. The Morgan fingerprint density at radius 1 is 1.12 bits per heavy atom. The molecular weight excluding hydrogens is 330 g/mol. The summed E-state index contributed by atoms with van der Waals surface area (Å²) in [6.45, 7) is 4.94. The maximum Gasteiger partial charge on any atom is 0.222 e. The van der Waals surface area contributed by atoms with E-state index in [1.807, 2.05) is 50.4 Å². The fourth-order valence-corrected chi connectivity index (χ4v) is 2.92. The maximum atomic E-state index is 5.86. The van der Waals surface area contributed by atoms with Gasteiger partial charge in [0.1, 0.15) is 17.0 Å². The number of fused-ring (bicyclic) bond motifs is 1. The average Bonchev–Trinajstić information content (AvgIpc) is 3.19. The van der Waals surface area contributed by atoms with E-state index in [2.05, 4.69) is 30.0 Å². The number of aryl methyl sites for hydroxylation is 2. The number of nitrogen functional groups attached to an aromatic ring is 1. The number of hydrogen-bond donors (Lipinski definition) is 2. The van der Waals surface area contributed by atoms with Gasteiger partial charge < -0.3 is 20.1 Å². The summed E-state index contributed by atoms with van der Waals surface area (Å²) >= 11 is 0. The van der Waals surface area contributed by atoms with Gasteiger partial charge in [0, 0.05) is 18.0 Å². The van der Waals surface area contributed by atoms with Crippen molar-refractivity contribution in [1.29, 1.82) is 0 Å². The monoisotopic (exact) mass is 349 g/mol. The van der Waals surface area contributed by atoms with E-state index in [9.17, 15) is 0 Å². The molecule has 3 N–H and O–H groups in total. The predicted molar refractivity (Wildman–Crippen MR) is 98.6 cm³/mol. The summed E-state index contributed by atoms with van der Waals surface area (Å²) in [5.41, 5.74) is 10.3. The third-order valence-corrected chi connectivity index (χ3v) is 4.02. The van der Waals surface area contributed by atoms with E-state index in [4.69, 9.17) is 10.3 Å². The first-order valence-corrected chi connectivity index (χ1v) is 8.29. The smallest absolute Gasteiger partial charge is 0.222 e. The highest BCUT2D eigenvalue weighted by Gasteiger charge is 2.13. The Hall–Kier alpha value is -3.42. The molecule has 4 aromatic rings. The summed E-state index contributed by atoms with van der Waals surface area (Å²) in [6, 6.07) is 9.79. The van der Waals surface area contributed by atoms with Gasteiger partial charge in [0.25, 0.3) is 0 Å². The van der Waals surface area contributed by atoms with Crippen LogP contribution in [0.2, 0.25) is 0 Å². The van der Waals surface area contributed by atoms with E-state index in [1.54, 1.807) is 0 Å². The maximum absolute atomic E-state index is 5.86. The van der Waals surface area contributed by atoms with Crippen molar-refractivity contribution in [1.82, 2.24) is 24.7 Å². The molecule has 4 heterocycles. The summed E-state index contributed by atoms with van der Waals surface area (Å²) in [7, 11) is 0. The van der Waals surface area contributed by atoms with E-state index in [1.165, 1.54) is 0 Å². The number of nitrogens with zero attached hydrogens (tertiary/aromatic N) is 5. The van der Waals surface area contributed by atoms with Gasteiger partial charge >= 0.3 is 0 Å². The van der Waals surface area contributed by atoms with Gasteiger partial charge in [0.05, 0.1) is 24.3 Å². The number of hydrogen-bond acceptors (Lipinski definition) is 7. The summed E-state index contributed by atoms with van der Waals surface area (Å²) in [6.07, 6.45) is 1.97. The number of aromatic nitrogens is 5. The second-order valence-corrected chi connectivity index (χ2v) is 6.16.